The number of hydrogen-bond donors (Lipinski definition) is 2. The van der Waals surface area contributed by atoms with Crippen molar-refractivity contribution in [1.29, 1.82) is 0 Å². The Hall–Kier alpha value is -2.69. The van der Waals surface area contributed by atoms with Crippen LogP contribution in [0.3, 0.4) is 0 Å². The number of aliphatic carboxylic acids is 1. The number of rotatable bonds is 7. The van der Waals surface area contributed by atoms with Crippen molar-refractivity contribution >= 4 is 29.8 Å². The highest BCUT2D eigenvalue weighted by molar-refractivity contribution is 5.80. The number of ether oxygens (including phenoxy) is 4. The normalized spacial score (nSPS) is 27.2. The lowest BCUT2D eigenvalue weighted by atomic mass is 9.97. The van der Waals surface area contributed by atoms with Gasteiger partial charge in [-0.1, -0.05) is 0 Å². The molecule has 0 aromatic heterocycles. The fourth-order valence-corrected chi connectivity index (χ4v) is 2.58. The van der Waals surface area contributed by atoms with Gasteiger partial charge in [-0.15, -0.1) is 0 Å². The Morgan fingerprint density at radius 1 is 0.852 bits per heavy atom. The van der Waals surface area contributed by atoms with Gasteiger partial charge in [0.15, 0.2) is 24.5 Å². The third-order valence-corrected chi connectivity index (χ3v) is 3.55. The standard InChI is InChI=1S/C16H23NO10/c1-7-13(25-8(2)18)14(26-9(3)19)15(27-10(4)20)16(24-7)17-11(21)5-6-12(22)23/h7,13-16H,5-6H2,1-4H3,(H,17,21)(H,22,23)/t7-,13-,14+,15+,16-/m0/s1. The van der Waals surface area contributed by atoms with E-state index >= 15 is 0 Å². The molecule has 1 fully saturated rings. The number of carboxylic acid groups (broad SMARTS) is 1. The first-order valence-corrected chi connectivity index (χ1v) is 8.19. The van der Waals surface area contributed by atoms with Gasteiger partial charge in [0.25, 0.3) is 0 Å². The first-order valence-electron chi connectivity index (χ1n) is 8.19. The summed E-state index contributed by atoms with van der Waals surface area (Å²) in [7, 11) is 0. The molecule has 1 amide bonds. The summed E-state index contributed by atoms with van der Waals surface area (Å²) in [5.74, 6) is -3.97. The van der Waals surface area contributed by atoms with Crippen molar-refractivity contribution in [1.82, 2.24) is 5.32 Å². The molecule has 0 radical (unpaired) electrons. The molecule has 1 saturated heterocycles. The highest BCUT2D eigenvalue weighted by Gasteiger charge is 2.50. The summed E-state index contributed by atoms with van der Waals surface area (Å²) in [6, 6.07) is 0. The van der Waals surface area contributed by atoms with E-state index in [1.807, 2.05) is 0 Å². The van der Waals surface area contributed by atoms with E-state index in [0.29, 0.717) is 0 Å². The average Bonchev–Trinajstić information content (AvgIpc) is 2.51. The molecule has 1 heterocycles. The van der Waals surface area contributed by atoms with Gasteiger partial charge in [-0.3, -0.25) is 24.0 Å². The van der Waals surface area contributed by atoms with Gasteiger partial charge in [0, 0.05) is 27.2 Å². The SMILES string of the molecule is CC(=O)O[C@@H]1[C@@H](OC(C)=O)[C@H](C)O[C@H](NC(=O)CCC(=O)O)[C@@H]1OC(C)=O. The Morgan fingerprint density at radius 2 is 1.33 bits per heavy atom. The van der Waals surface area contributed by atoms with Crippen LogP contribution in [0.15, 0.2) is 0 Å². The van der Waals surface area contributed by atoms with Gasteiger partial charge >= 0.3 is 23.9 Å². The number of hydrogen-bond acceptors (Lipinski definition) is 9. The maximum absolute atomic E-state index is 12.0. The smallest absolute Gasteiger partial charge is 0.303 e. The second-order valence-corrected chi connectivity index (χ2v) is 5.95. The second-order valence-electron chi connectivity index (χ2n) is 5.95. The number of carboxylic acids is 1. The summed E-state index contributed by atoms with van der Waals surface area (Å²) in [4.78, 5) is 56.9. The quantitative estimate of drug-likeness (QED) is 0.430. The molecule has 0 aromatic carbocycles. The first-order chi connectivity index (χ1) is 12.5. The van der Waals surface area contributed by atoms with Crippen LogP contribution in [0, 0.1) is 0 Å². The van der Waals surface area contributed by atoms with Crippen LogP contribution in [0.2, 0.25) is 0 Å². The van der Waals surface area contributed by atoms with E-state index in [9.17, 15) is 24.0 Å². The van der Waals surface area contributed by atoms with E-state index in [0.717, 1.165) is 20.8 Å². The minimum atomic E-state index is -1.30. The molecule has 11 heteroatoms. The van der Waals surface area contributed by atoms with E-state index in [1.165, 1.54) is 6.92 Å². The van der Waals surface area contributed by atoms with Crippen LogP contribution in [0.5, 0.6) is 0 Å². The van der Waals surface area contributed by atoms with Crippen LogP contribution in [-0.2, 0) is 42.9 Å². The lowest BCUT2D eigenvalue weighted by Gasteiger charge is -2.43. The lowest BCUT2D eigenvalue weighted by molar-refractivity contribution is -0.248. The van der Waals surface area contributed by atoms with Crippen LogP contribution >= 0.6 is 0 Å². The molecule has 2 N–H and O–H groups in total. The largest absolute Gasteiger partial charge is 0.481 e. The molecule has 0 spiro atoms. The van der Waals surface area contributed by atoms with Crippen molar-refractivity contribution in [3.8, 4) is 0 Å². The number of esters is 3. The Bertz CT molecular complexity index is 604. The maximum atomic E-state index is 12.0. The van der Waals surface area contributed by atoms with Crippen molar-refractivity contribution in [2.45, 2.75) is 71.2 Å². The van der Waals surface area contributed by atoms with E-state index < -0.39 is 66.8 Å². The summed E-state index contributed by atoms with van der Waals surface area (Å²) in [6.45, 7) is 4.89. The monoisotopic (exact) mass is 389 g/mol. The Morgan fingerprint density at radius 3 is 1.81 bits per heavy atom. The predicted octanol–water partition coefficient (Wildman–Crippen LogP) is -0.493. The summed E-state index contributed by atoms with van der Waals surface area (Å²) in [6.07, 6.45) is -6.42. The van der Waals surface area contributed by atoms with Crippen molar-refractivity contribution < 1.29 is 48.0 Å². The van der Waals surface area contributed by atoms with E-state index in [4.69, 9.17) is 24.1 Å². The van der Waals surface area contributed by atoms with Crippen molar-refractivity contribution in [2.75, 3.05) is 0 Å². The van der Waals surface area contributed by atoms with Gasteiger partial charge in [-0.2, -0.15) is 0 Å². The van der Waals surface area contributed by atoms with Gasteiger partial charge in [-0.25, -0.2) is 0 Å². The first kappa shape index (κ1) is 22.4. The summed E-state index contributed by atoms with van der Waals surface area (Å²) in [5.41, 5.74) is 0. The Labute approximate surface area is 155 Å². The highest BCUT2D eigenvalue weighted by atomic mass is 16.7. The van der Waals surface area contributed by atoms with Crippen LogP contribution in [0.1, 0.15) is 40.5 Å². The Balaban J connectivity index is 3.08. The molecule has 152 valence electrons. The molecule has 0 aromatic rings. The molecule has 5 atom stereocenters. The van der Waals surface area contributed by atoms with Crippen LogP contribution < -0.4 is 5.32 Å². The molecule has 1 aliphatic rings. The van der Waals surface area contributed by atoms with Gasteiger partial charge in [0.05, 0.1) is 12.5 Å². The molecule has 11 nitrogen and oxygen atoms in total. The number of carbonyl (C=O) groups excluding carboxylic acids is 4. The van der Waals surface area contributed by atoms with Crippen molar-refractivity contribution in [3.05, 3.63) is 0 Å². The minimum absolute atomic E-state index is 0.331. The zero-order valence-corrected chi connectivity index (χ0v) is 15.4. The molecule has 0 unspecified atom stereocenters. The fraction of sp³-hybridized carbons (Fsp3) is 0.688. The van der Waals surface area contributed by atoms with Gasteiger partial charge in [0.2, 0.25) is 5.91 Å². The molecule has 1 aliphatic heterocycles. The highest BCUT2D eigenvalue weighted by Crippen LogP contribution is 2.27. The molecule has 0 bridgehead atoms. The van der Waals surface area contributed by atoms with Crippen LogP contribution in [0.4, 0.5) is 0 Å². The second kappa shape index (κ2) is 9.86. The predicted molar refractivity (Wildman–Crippen MR) is 86.0 cm³/mol. The number of nitrogens with one attached hydrogen (secondary N) is 1. The third-order valence-electron chi connectivity index (χ3n) is 3.55. The zero-order valence-electron chi connectivity index (χ0n) is 15.4. The van der Waals surface area contributed by atoms with Crippen LogP contribution in [-0.4, -0.2) is 65.5 Å². The lowest BCUT2D eigenvalue weighted by Crippen LogP contribution is -2.64. The third kappa shape index (κ3) is 7.21. The fourth-order valence-electron chi connectivity index (χ4n) is 2.58. The average molecular weight is 389 g/mol. The van der Waals surface area contributed by atoms with E-state index in [-0.39, 0.29) is 6.42 Å². The number of amides is 1. The summed E-state index contributed by atoms with van der Waals surface area (Å²) < 4.78 is 21.0. The Kier molecular flexibility index (Phi) is 8.16. The number of carbonyl (C=O) groups is 5. The van der Waals surface area contributed by atoms with Gasteiger partial charge in [-0.05, 0) is 6.92 Å². The van der Waals surface area contributed by atoms with Crippen molar-refractivity contribution in [3.63, 3.8) is 0 Å². The van der Waals surface area contributed by atoms with Crippen molar-refractivity contribution in [2.24, 2.45) is 0 Å². The van der Waals surface area contributed by atoms with Crippen LogP contribution in [0.25, 0.3) is 0 Å². The van der Waals surface area contributed by atoms with E-state index in [1.54, 1.807) is 0 Å². The molecule has 0 aliphatic carbocycles. The molecule has 27 heavy (non-hydrogen) atoms. The summed E-state index contributed by atoms with van der Waals surface area (Å²) >= 11 is 0. The maximum Gasteiger partial charge on any atom is 0.303 e. The molecular weight excluding hydrogens is 366 g/mol. The topological polar surface area (TPSA) is 155 Å². The zero-order chi connectivity index (χ0) is 20.7. The van der Waals surface area contributed by atoms with Gasteiger partial charge in [0.1, 0.15) is 0 Å². The molecule has 1 rings (SSSR count). The molecular formula is C16H23NO10. The van der Waals surface area contributed by atoms with E-state index in [2.05, 4.69) is 5.32 Å². The van der Waals surface area contributed by atoms with Gasteiger partial charge < -0.3 is 29.4 Å². The minimum Gasteiger partial charge on any atom is -0.481 e. The molecule has 0 saturated carbocycles. The summed E-state index contributed by atoms with van der Waals surface area (Å²) in [5, 5.41) is 11.1.